The van der Waals surface area contributed by atoms with Crippen LogP contribution in [0.4, 0.5) is 10.2 Å². The number of carbonyl (C=O) groups excluding carboxylic acids is 2. The van der Waals surface area contributed by atoms with Gasteiger partial charge in [-0.05, 0) is 13.0 Å². The number of halogens is 1. The third-order valence-corrected chi connectivity index (χ3v) is 2.51. The fraction of sp³-hybridized carbons (Fsp3) is 0.364. The van der Waals surface area contributed by atoms with Crippen molar-refractivity contribution in [3.8, 4) is 0 Å². The Hall–Kier alpha value is -2.22. The van der Waals surface area contributed by atoms with E-state index in [1.54, 1.807) is 7.05 Å². The summed E-state index contributed by atoms with van der Waals surface area (Å²) in [5.41, 5.74) is 1.25. The quantitative estimate of drug-likeness (QED) is 0.526. The molecular formula is C11H15FN4O3. The minimum Gasteiger partial charge on any atom is -0.359 e. The van der Waals surface area contributed by atoms with E-state index in [1.165, 1.54) is 10.4 Å². The van der Waals surface area contributed by atoms with Crippen LogP contribution < -0.4 is 10.8 Å². The van der Waals surface area contributed by atoms with Crippen LogP contribution in [0.25, 0.3) is 0 Å². The number of hydrogen-bond donors (Lipinski definition) is 3. The molecule has 1 aromatic heterocycles. The van der Waals surface area contributed by atoms with Gasteiger partial charge in [-0.2, -0.15) is 0 Å². The summed E-state index contributed by atoms with van der Waals surface area (Å²) >= 11 is 0. The molecule has 0 aromatic carbocycles. The number of anilines is 1. The summed E-state index contributed by atoms with van der Waals surface area (Å²) < 4.78 is 13.6. The van der Waals surface area contributed by atoms with Crippen molar-refractivity contribution in [3.05, 3.63) is 23.6 Å². The number of aromatic nitrogens is 1. The predicted molar refractivity (Wildman–Crippen MR) is 65.2 cm³/mol. The maximum absolute atomic E-state index is 13.6. The summed E-state index contributed by atoms with van der Waals surface area (Å²) in [5, 5.41) is 10.9. The van der Waals surface area contributed by atoms with Gasteiger partial charge in [0.1, 0.15) is 0 Å². The number of likely N-dealkylation sites (N-methyl/N-ethyl adjacent to an activating group) is 1. The Balaban J connectivity index is 2.70. The highest BCUT2D eigenvalue weighted by molar-refractivity contribution is 5.93. The normalized spacial score (nSPS) is 9.89. The molecule has 0 saturated carbocycles. The Morgan fingerprint density at radius 2 is 2.21 bits per heavy atom. The zero-order chi connectivity index (χ0) is 14.4. The molecule has 0 radical (unpaired) electrons. The lowest BCUT2D eigenvalue weighted by atomic mass is 10.2. The van der Waals surface area contributed by atoms with Crippen molar-refractivity contribution in [2.45, 2.75) is 6.92 Å². The highest BCUT2D eigenvalue weighted by Crippen LogP contribution is 2.11. The predicted octanol–water partition coefficient (Wildman–Crippen LogP) is 0.230. The number of amides is 2. The van der Waals surface area contributed by atoms with Crippen LogP contribution >= 0.6 is 0 Å². The maximum Gasteiger partial charge on any atom is 0.276 e. The van der Waals surface area contributed by atoms with Gasteiger partial charge in [0, 0.05) is 19.8 Å². The Labute approximate surface area is 109 Å². The van der Waals surface area contributed by atoms with Crippen molar-refractivity contribution >= 4 is 17.6 Å². The number of hydroxylamine groups is 1. The summed E-state index contributed by atoms with van der Waals surface area (Å²) in [6.45, 7) is 2.27. The Kier molecular flexibility index (Phi) is 5.19. The maximum atomic E-state index is 13.6. The van der Waals surface area contributed by atoms with Crippen molar-refractivity contribution in [1.82, 2.24) is 15.4 Å². The molecular weight excluding hydrogens is 255 g/mol. The van der Waals surface area contributed by atoms with Gasteiger partial charge < -0.3 is 10.2 Å². The molecule has 0 aliphatic carbocycles. The molecule has 0 spiro atoms. The fourth-order valence-corrected chi connectivity index (χ4v) is 1.23. The number of hydrogen-bond acceptors (Lipinski definition) is 5. The molecule has 0 aliphatic rings. The van der Waals surface area contributed by atoms with Crippen LogP contribution in [-0.2, 0) is 4.79 Å². The smallest absolute Gasteiger partial charge is 0.276 e. The largest absolute Gasteiger partial charge is 0.359 e. The van der Waals surface area contributed by atoms with E-state index in [0.29, 0.717) is 6.54 Å². The van der Waals surface area contributed by atoms with Crippen LogP contribution in [0.5, 0.6) is 0 Å². The first kappa shape index (κ1) is 14.8. The summed E-state index contributed by atoms with van der Waals surface area (Å²) in [7, 11) is 1.63. The average Bonchev–Trinajstić information content (AvgIpc) is 2.43. The van der Waals surface area contributed by atoms with Crippen LogP contribution in [0, 0.1) is 5.82 Å². The third-order valence-electron chi connectivity index (χ3n) is 2.51. The van der Waals surface area contributed by atoms with Gasteiger partial charge in [0.25, 0.3) is 5.91 Å². The molecule has 0 aliphatic heterocycles. The summed E-state index contributed by atoms with van der Waals surface area (Å²) in [6.07, 6.45) is 1.09. The molecule has 3 N–H and O–H groups in total. The van der Waals surface area contributed by atoms with E-state index in [2.05, 4.69) is 10.3 Å². The van der Waals surface area contributed by atoms with Crippen LogP contribution in [-0.4, -0.2) is 47.0 Å². The van der Waals surface area contributed by atoms with Gasteiger partial charge in [-0.15, -0.1) is 0 Å². The first-order valence-electron chi connectivity index (χ1n) is 5.57. The van der Waals surface area contributed by atoms with Crippen molar-refractivity contribution in [2.75, 3.05) is 25.5 Å². The van der Waals surface area contributed by atoms with Crippen LogP contribution in [0.1, 0.15) is 17.3 Å². The lowest BCUT2D eigenvalue weighted by Gasteiger charge is -2.15. The number of nitrogens with zero attached hydrogens (tertiary/aromatic N) is 2. The van der Waals surface area contributed by atoms with E-state index in [-0.39, 0.29) is 23.8 Å². The van der Waals surface area contributed by atoms with Gasteiger partial charge in [-0.1, -0.05) is 0 Å². The number of carbonyl (C=O) groups is 2. The van der Waals surface area contributed by atoms with Gasteiger partial charge in [0.05, 0.1) is 12.1 Å². The highest BCUT2D eigenvalue weighted by Gasteiger charge is 2.12. The van der Waals surface area contributed by atoms with E-state index in [9.17, 15) is 14.0 Å². The Bertz CT molecular complexity index is 481. The lowest BCUT2D eigenvalue weighted by molar-refractivity contribution is -0.127. The van der Waals surface area contributed by atoms with Crippen LogP contribution in [0.3, 0.4) is 0 Å². The van der Waals surface area contributed by atoms with Crippen molar-refractivity contribution in [1.29, 1.82) is 0 Å². The van der Waals surface area contributed by atoms with Crippen LogP contribution in [0.2, 0.25) is 0 Å². The molecule has 1 heterocycles. The summed E-state index contributed by atoms with van der Waals surface area (Å²) in [6, 6.07) is 0.912. The van der Waals surface area contributed by atoms with Gasteiger partial charge in [-0.25, -0.2) is 14.9 Å². The Morgan fingerprint density at radius 3 is 2.74 bits per heavy atom. The molecule has 0 bridgehead atoms. The molecule has 0 unspecified atom stereocenters. The van der Waals surface area contributed by atoms with Gasteiger partial charge >= 0.3 is 0 Å². The standard InChI is InChI=1S/C11H15FN4O3/c1-3-16(2)9(17)6-14-10-8(12)4-7(5-13-10)11(18)15-19/h4-5,19H,3,6H2,1-2H3,(H,13,14)(H,15,18). The molecule has 0 atom stereocenters. The molecule has 1 rings (SSSR count). The van der Waals surface area contributed by atoms with Gasteiger partial charge in [0.2, 0.25) is 5.91 Å². The van der Waals surface area contributed by atoms with Gasteiger partial charge in [0.15, 0.2) is 11.6 Å². The summed E-state index contributed by atoms with van der Waals surface area (Å²) in [4.78, 5) is 27.7. The third kappa shape index (κ3) is 3.88. The molecule has 19 heavy (non-hydrogen) atoms. The summed E-state index contributed by atoms with van der Waals surface area (Å²) in [5.74, 6) is -1.99. The van der Waals surface area contributed by atoms with E-state index in [4.69, 9.17) is 5.21 Å². The zero-order valence-electron chi connectivity index (χ0n) is 10.6. The topological polar surface area (TPSA) is 94.6 Å². The van der Waals surface area contributed by atoms with Crippen molar-refractivity contribution < 1.29 is 19.2 Å². The minimum absolute atomic E-state index is 0.0974. The molecule has 2 amide bonds. The van der Waals surface area contributed by atoms with E-state index in [0.717, 1.165) is 12.3 Å². The second kappa shape index (κ2) is 6.64. The van der Waals surface area contributed by atoms with E-state index < -0.39 is 11.7 Å². The van der Waals surface area contributed by atoms with E-state index in [1.807, 2.05) is 6.92 Å². The van der Waals surface area contributed by atoms with E-state index >= 15 is 0 Å². The van der Waals surface area contributed by atoms with Crippen molar-refractivity contribution in [2.24, 2.45) is 0 Å². The second-order valence-corrected chi connectivity index (χ2v) is 3.76. The first-order chi connectivity index (χ1) is 8.99. The average molecular weight is 270 g/mol. The van der Waals surface area contributed by atoms with Crippen LogP contribution in [0.15, 0.2) is 12.3 Å². The van der Waals surface area contributed by atoms with Gasteiger partial charge in [-0.3, -0.25) is 14.8 Å². The Morgan fingerprint density at radius 1 is 1.53 bits per heavy atom. The second-order valence-electron chi connectivity index (χ2n) is 3.76. The number of nitrogens with one attached hydrogen (secondary N) is 2. The molecule has 8 heteroatoms. The first-order valence-corrected chi connectivity index (χ1v) is 5.57. The molecule has 1 aromatic rings. The molecule has 7 nitrogen and oxygen atoms in total. The zero-order valence-corrected chi connectivity index (χ0v) is 10.6. The molecule has 0 saturated heterocycles. The monoisotopic (exact) mass is 270 g/mol. The number of rotatable bonds is 5. The minimum atomic E-state index is -0.861. The molecule has 104 valence electrons. The highest BCUT2D eigenvalue weighted by atomic mass is 19.1. The van der Waals surface area contributed by atoms with Crippen molar-refractivity contribution in [3.63, 3.8) is 0 Å². The molecule has 0 fully saturated rings. The number of pyridine rings is 1. The lowest BCUT2D eigenvalue weighted by Crippen LogP contribution is -2.32. The fourth-order valence-electron chi connectivity index (χ4n) is 1.23. The SMILES string of the molecule is CCN(C)C(=O)CNc1ncc(C(=O)NO)cc1F.